The Labute approximate surface area is 151 Å². The lowest BCUT2D eigenvalue weighted by atomic mass is 9.78. The maximum absolute atomic E-state index is 12.6. The van der Waals surface area contributed by atoms with Crippen molar-refractivity contribution in [2.75, 3.05) is 44.3 Å². The molecule has 1 spiro atoms. The molecule has 6 nitrogen and oxygen atoms in total. The number of anilines is 1. The van der Waals surface area contributed by atoms with Gasteiger partial charge in [0.25, 0.3) is 5.91 Å². The number of rotatable bonds is 2. The average Bonchev–Trinajstić information content (AvgIpc) is 3.12. The van der Waals surface area contributed by atoms with Gasteiger partial charge in [-0.1, -0.05) is 0 Å². The van der Waals surface area contributed by atoms with Crippen LogP contribution in [-0.2, 0) is 4.74 Å². The molecule has 0 unspecified atom stereocenters. The molecule has 25 heavy (non-hydrogen) atoms. The van der Waals surface area contributed by atoms with E-state index in [0.717, 1.165) is 57.1 Å². The third kappa shape index (κ3) is 3.52. The Morgan fingerprint density at radius 3 is 2.72 bits per heavy atom. The Morgan fingerprint density at radius 2 is 2.00 bits per heavy atom. The average molecular weight is 358 g/mol. The van der Waals surface area contributed by atoms with E-state index < -0.39 is 0 Å². The lowest BCUT2D eigenvalue weighted by Crippen LogP contribution is -2.49. The Bertz CT molecular complexity index is 699. The highest BCUT2D eigenvalue weighted by molar-refractivity contribution is 7.08. The molecule has 132 valence electrons. The first kappa shape index (κ1) is 16.5. The summed E-state index contributed by atoms with van der Waals surface area (Å²) < 4.78 is 5.91. The predicted octanol–water partition coefficient (Wildman–Crippen LogP) is 2.30. The zero-order valence-corrected chi connectivity index (χ0v) is 15.0. The van der Waals surface area contributed by atoms with Crippen LogP contribution in [0.3, 0.4) is 0 Å². The van der Waals surface area contributed by atoms with Gasteiger partial charge in [0.2, 0.25) is 5.95 Å². The summed E-state index contributed by atoms with van der Waals surface area (Å²) in [6.45, 7) is 4.69. The standard InChI is InChI=1S/C18H22N4O2S/c23-16(15-2-11-25-12-15)21-7-3-18(4-8-21)13-22(9-10-24-14-18)17-19-5-1-6-20-17/h1-2,5-6,11-12H,3-4,7-10,13-14H2. The number of likely N-dealkylation sites (tertiary alicyclic amines) is 1. The number of ether oxygens (including phenoxy) is 1. The molecule has 2 fully saturated rings. The van der Waals surface area contributed by atoms with Gasteiger partial charge in [0.05, 0.1) is 18.8 Å². The van der Waals surface area contributed by atoms with Gasteiger partial charge in [-0.15, -0.1) is 0 Å². The van der Waals surface area contributed by atoms with Crippen molar-refractivity contribution in [3.8, 4) is 0 Å². The maximum Gasteiger partial charge on any atom is 0.254 e. The maximum atomic E-state index is 12.6. The lowest BCUT2D eigenvalue weighted by Gasteiger charge is -2.42. The molecule has 0 aromatic carbocycles. The number of amides is 1. The summed E-state index contributed by atoms with van der Waals surface area (Å²) in [5.41, 5.74) is 0.874. The molecule has 2 aliphatic heterocycles. The quantitative estimate of drug-likeness (QED) is 0.824. The van der Waals surface area contributed by atoms with Crippen molar-refractivity contribution in [1.29, 1.82) is 0 Å². The van der Waals surface area contributed by atoms with Crippen LogP contribution >= 0.6 is 11.3 Å². The normalized spacial score (nSPS) is 20.5. The summed E-state index contributed by atoms with van der Waals surface area (Å²) >= 11 is 1.57. The molecule has 2 aromatic rings. The van der Waals surface area contributed by atoms with E-state index in [1.807, 2.05) is 27.8 Å². The first-order chi connectivity index (χ1) is 12.3. The van der Waals surface area contributed by atoms with E-state index in [2.05, 4.69) is 14.9 Å². The van der Waals surface area contributed by atoms with E-state index >= 15 is 0 Å². The van der Waals surface area contributed by atoms with Gasteiger partial charge in [-0.25, -0.2) is 9.97 Å². The van der Waals surface area contributed by atoms with Crippen LogP contribution in [0.1, 0.15) is 23.2 Å². The smallest absolute Gasteiger partial charge is 0.254 e. The number of piperidine rings is 1. The number of carbonyl (C=O) groups excluding carboxylic acids is 1. The number of aromatic nitrogens is 2. The fraction of sp³-hybridized carbons (Fsp3) is 0.500. The van der Waals surface area contributed by atoms with Crippen molar-refractivity contribution >= 4 is 23.2 Å². The van der Waals surface area contributed by atoms with Gasteiger partial charge in [0.15, 0.2) is 0 Å². The summed E-state index contributed by atoms with van der Waals surface area (Å²) in [6, 6.07) is 3.74. The fourth-order valence-corrected chi connectivity index (χ4v) is 4.30. The zero-order valence-electron chi connectivity index (χ0n) is 14.1. The summed E-state index contributed by atoms with van der Waals surface area (Å²) in [5.74, 6) is 0.915. The highest BCUT2D eigenvalue weighted by Crippen LogP contribution is 2.35. The molecule has 2 aromatic heterocycles. The minimum Gasteiger partial charge on any atom is -0.379 e. The highest BCUT2D eigenvalue weighted by atomic mass is 32.1. The van der Waals surface area contributed by atoms with E-state index in [0.29, 0.717) is 6.61 Å². The van der Waals surface area contributed by atoms with Gasteiger partial charge in [0, 0.05) is 49.4 Å². The third-order valence-electron chi connectivity index (χ3n) is 5.15. The Morgan fingerprint density at radius 1 is 1.20 bits per heavy atom. The van der Waals surface area contributed by atoms with Gasteiger partial charge in [-0.05, 0) is 30.4 Å². The Balaban J connectivity index is 1.44. The number of nitrogens with zero attached hydrogens (tertiary/aromatic N) is 4. The van der Waals surface area contributed by atoms with Crippen LogP contribution in [0.5, 0.6) is 0 Å². The van der Waals surface area contributed by atoms with E-state index in [4.69, 9.17) is 4.74 Å². The van der Waals surface area contributed by atoms with Crippen LogP contribution < -0.4 is 4.90 Å². The van der Waals surface area contributed by atoms with Crippen LogP contribution in [0.2, 0.25) is 0 Å². The van der Waals surface area contributed by atoms with E-state index in [1.165, 1.54) is 0 Å². The van der Waals surface area contributed by atoms with Gasteiger partial charge in [-0.3, -0.25) is 4.79 Å². The molecule has 2 saturated heterocycles. The van der Waals surface area contributed by atoms with E-state index in [1.54, 1.807) is 23.7 Å². The lowest BCUT2D eigenvalue weighted by molar-refractivity contribution is 0.0207. The van der Waals surface area contributed by atoms with Crippen LogP contribution in [0, 0.1) is 5.41 Å². The van der Waals surface area contributed by atoms with Gasteiger partial charge < -0.3 is 14.5 Å². The number of thiophene rings is 1. The minimum absolute atomic E-state index is 0.0706. The molecular formula is C18H22N4O2S. The van der Waals surface area contributed by atoms with Gasteiger partial charge >= 0.3 is 0 Å². The Hall–Kier alpha value is -1.99. The molecule has 1 amide bonds. The molecule has 0 saturated carbocycles. The molecule has 2 aliphatic rings. The molecule has 0 radical (unpaired) electrons. The van der Waals surface area contributed by atoms with Crippen molar-refractivity contribution in [2.45, 2.75) is 12.8 Å². The fourth-order valence-electron chi connectivity index (χ4n) is 3.67. The second-order valence-corrected chi connectivity index (χ2v) is 7.61. The van der Waals surface area contributed by atoms with Crippen molar-refractivity contribution in [1.82, 2.24) is 14.9 Å². The van der Waals surface area contributed by atoms with E-state index in [9.17, 15) is 4.79 Å². The second kappa shape index (κ2) is 7.09. The highest BCUT2D eigenvalue weighted by Gasteiger charge is 2.39. The molecule has 0 bridgehead atoms. The van der Waals surface area contributed by atoms with Crippen molar-refractivity contribution in [3.05, 3.63) is 40.8 Å². The summed E-state index contributed by atoms with van der Waals surface area (Å²) in [7, 11) is 0. The van der Waals surface area contributed by atoms with Crippen molar-refractivity contribution < 1.29 is 9.53 Å². The first-order valence-corrected chi connectivity index (χ1v) is 9.61. The summed E-state index contributed by atoms with van der Waals surface area (Å²) in [4.78, 5) is 25.5. The zero-order chi connectivity index (χ0) is 17.1. The Kier molecular flexibility index (Phi) is 4.67. The number of carbonyl (C=O) groups is 1. The van der Waals surface area contributed by atoms with Crippen LogP contribution in [0.25, 0.3) is 0 Å². The van der Waals surface area contributed by atoms with Crippen LogP contribution in [0.4, 0.5) is 5.95 Å². The number of hydrogen-bond acceptors (Lipinski definition) is 6. The monoisotopic (exact) mass is 358 g/mol. The van der Waals surface area contributed by atoms with Crippen LogP contribution in [0.15, 0.2) is 35.3 Å². The molecule has 4 rings (SSSR count). The molecule has 0 N–H and O–H groups in total. The topological polar surface area (TPSA) is 58.6 Å². The van der Waals surface area contributed by atoms with Crippen LogP contribution in [-0.4, -0.2) is 60.2 Å². The van der Waals surface area contributed by atoms with Crippen molar-refractivity contribution in [2.24, 2.45) is 5.41 Å². The van der Waals surface area contributed by atoms with Gasteiger partial charge in [0.1, 0.15) is 0 Å². The minimum atomic E-state index is 0.0706. The molecular weight excluding hydrogens is 336 g/mol. The third-order valence-corrected chi connectivity index (χ3v) is 5.84. The SMILES string of the molecule is O=C(c1ccsc1)N1CCC2(CC1)COCCN(c1ncccn1)C2. The molecule has 7 heteroatoms. The summed E-state index contributed by atoms with van der Waals surface area (Å²) in [6.07, 6.45) is 5.46. The largest absolute Gasteiger partial charge is 0.379 e. The molecule has 0 atom stereocenters. The second-order valence-electron chi connectivity index (χ2n) is 6.83. The first-order valence-electron chi connectivity index (χ1n) is 8.67. The predicted molar refractivity (Wildman–Crippen MR) is 97.0 cm³/mol. The molecule has 4 heterocycles. The van der Waals surface area contributed by atoms with E-state index in [-0.39, 0.29) is 11.3 Å². The van der Waals surface area contributed by atoms with Gasteiger partial charge in [-0.2, -0.15) is 11.3 Å². The van der Waals surface area contributed by atoms with Crippen molar-refractivity contribution in [3.63, 3.8) is 0 Å². The molecule has 0 aliphatic carbocycles. The summed E-state index contributed by atoms with van der Waals surface area (Å²) in [5, 5.41) is 3.88. The number of hydrogen-bond donors (Lipinski definition) is 0.